The molecule has 0 aromatic heterocycles. The van der Waals surface area contributed by atoms with Crippen LogP contribution in [0.3, 0.4) is 0 Å². The standard InChI is InChI=1S/C22H26N4O4/c27-18-5-4-17(20(28)24-18)26-21(29)16-3-1-2-15(19(16)22(26)30)12-25-9-7-13-10-23-8-6-14(13)11-25/h1-3,13-14,17,23H,4-12H2,(H,24,27,28)/t13-,14-,17?/m1/s1. The molecule has 3 fully saturated rings. The van der Waals surface area contributed by atoms with Crippen LogP contribution in [-0.2, 0) is 16.1 Å². The molecule has 158 valence electrons. The Kier molecular flexibility index (Phi) is 4.91. The monoisotopic (exact) mass is 410 g/mol. The summed E-state index contributed by atoms with van der Waals surface area (Å²) in [6.07, 6.45) is 2.62. The summed E-state index contributed by atoms with van der Waals surface area (Å²) in [6, 6.07) is 4.45. The van der Waals surface area contributed by atoms with Crippen LogP contribution in [0, 0.1) is 11.8 Å². The Bertz CT molecular complexity index is 930. The fraction of sp³-hybridized carbons (Fsp3) is 0.545. The van der Waals surface area contributed by atoms with Crippen LogP contribution >= 0.6 is 0 Å². The van der Waals surface area contributed by atoms with E-state index >= 15 is 0 Å². The number of fused-ring (bicyclic) bond motifs is 2. The molecular formula is C22H26N4O4. The highest BCUT2D eigenvalue weighted by Crippen LogP contribution is 2.33. The third-order valence-corrected chi connectivity index (χ3v) is 7.02. The minimum absolute atomic E-state index is 0.127. The summed E-state index contributed by atoms with van der Waals surface area (Å²) < 4.78 is 0. The number of imide groups is 2. The summed E-state index contributed by atoms with van der Waals surface area (Å²) in [6.45, 7) is 4.76. The van der Waals surface area contributed by atoms with Gasteiger partial charge in [-0.15, -0.1) is 0 Å². The number of rotatable bonds is 3. The first-order valence-corrected chi connectivity index (χ1v) is 10.8. The molecule has 8 heteroatoms. The average Bonchev–Trinajstić information content (AvgIpc) is 2.99. The molecule has 0 bridgehead atoms. The van der Waals surface area contributed by atoms with E-state index in [-0.39, 0.29) is 18.7 Å². The van der Waals surface area contributed by atoms with E-state index in [0.29, 0.717) is 23.6 Å². The summed E-state index contributed by atoms with van der Waals surface area (Å²) in [7, 11) is 0. The lowest BCUT2D eigenvalue weighted by atomic mass is 9.81. The van der Waals surface area contributed by atoms with Crippen LogP contribution in [-0.4, -0.2) is 65.6 Å². The molecule has 0 radical (unpaired) electrons. The van der Waals surface area contributed by atoms with Crippen molar-refractivity contribution in [2.75, 3.05) is 26.2 Å². The minimum atomic E-state index is -0.923. The third-order valence-electron chi connectivity index (χ3n) is 7.02. The number of benzene rings is 1. The van der Waals surface area contributed by atoms with Gasteiger partial charge in [0.25, 0.3) is 11.8 Å². The van der Waals surface area contributed by atoms with Gasteiger partial charge in [-0.2, -0.15) is 0 Å². The topological polar surface area (TPSA) is 98.8 Å². The van der Waals surface area contributed by atoms with Crippen molar-refractivity contribution in [1.82, 2.24) is 20.4 Å². The first-order valence-electron chi connectivity index (χ1n) is 10.8. The molecule has 4 aliphatic heterocycles. The number of carbonyl (C=O) groups excluding carboxylic acids is 4. The summed E-state index contributed by atoms with van der Waals surface area (Å²) >= 11 is 0. The van der Waals surface area contributed by atoms with Gasteiger partial charge in [-0.25, -0.2) is 0 Å². The summed E-state index contributed by atoms with van der Waals surface area (Å²) in [5.41, 5.74) is 1.62. The molecule has 4 amide bonds. The van der Waals surface area contributed by atoms with Gasteiger partial charge in [0.05, 0.1) is 11.1 Å². The van der Waals surface area contributed by atoms with Crippen LogP contribution in [0.2, 0.25) is 0 Å². The molecule has 4 aliphatic rings. The van der Waals surface area contributed by atoms with Crippen LogP contribution in [0.15, 0.2) is 18.2 Å². The second-order valence-corrected chi connectivity index (χ2v) is 8.82. The Morgan fingerprint density at radius 2 is 1.87 bits per heavy atom. The molecule has 0 aliphatic carbocycles. The molecule has 2 N–H and O–H groups in total. The van der Waals surface area contributed by atoms with Crippen LogP contribution in [0.4, 0.5) is 0 Å². The van der Waals surface area contributed by atoms with E-state index in [2.05, 4.69) is 15.5 Å². The molecule has 5 rings (SSSR count). The largest absolute Gasteiger partial charge is 0.316 e. The van der Waals surface area contributed by atoms with Crippen molar-refractivity contribution in [3.05, 3.63) is 34.9 Å². The van der Waals surface area contributed by atoms with Gasteiger partial charge in [0.15, 0.2) is 0 Å². The zero-order chi connectivity index (χ0) is 20.8. The molecule has 3 atom stereocenters. The zero-order valence-electron chi connectivity index (χ0n) is 16.9. The van der Waals surface area contributed by atoms with Crippen molar-refractivity contribution < 1.29 is 19.2 Å². The Labute approximate surface area is 175 Å². The second-order valence-electron chi connectivity index (χ2n) is 8.82. The van der Waals surface area contributed by atoms with Crippen LogP contribution in [0.25, 0.3) is 0 Å². The fourth-order valence-corrected chi connectivity index (χ4v) is 5.43. The fourth-order valence-electron chi connectivity index (χ4n) is 5.43. The SMILES string of the molecule is O=C1CCC(N2C(=O)c3cccc(CN4CC[C@@H]5CNCC[C@@H]5C4)c3C2=O)C(=O)N1. The van der Waals surface area contributed by atoms with Crippen molar-refractivity contribution in [3.8, 4) is 0 Å². The molecule has 4 heterocycles. The van der Waals surface area contributed by atoms with Gasteiger partial charge in [0, 0.05) is 19.5 Å². The maximum absolute atomic E-state index is 13.2. The van der Waals surface area contributed by atoms with Crippen molar-refractivity contribution in [3.63, 3.8) is 0 Å². The van der Waals surface area contributed by atoms with Crippen molar-refractivity contribution in [2.24, 2.45) is 11.8 Å². The number of hydrogen-bond donors (Lipinski definition) is 2. The van der Waals surface area contributed by atoms with Gasteiger partial charge in [-0.05, 0) is 62.4 Å². The van der Waals surface area contributed by atoms with E-state index in [0.717, 1.165) is 49.0 Å². The van der Waals surface area contributed by atoms with Crippen molar-refractivity contribution in [2.45, 2.75) is 38.3 Å². The molecule has 3 saturated heterocycles. The van der Waals surface area contributed by atoms with Gasteiger partial charge in [-0.1, -0.05) is 12.1 Å². The first-order chi connectivity index (χ1) is 14.5. The molecular weight excluding hydrogens is 384 g/mol. The third kappa shape index (κ3) is 3.24. The van der Waals surface area contributed by atoms with Gasteiger partial charge >= 0.3 is 0 Å². The highest BCUT2D eigenvalue weighted by molar-refractivity contribution is 6.24. The predicted molar refractivity (Wildman–Crippen MR) is 107 cm³/mol. The summed E-state index contributed by atoms with van der Waals surface area (Å²) in [5, 5.41) is 5.72. The molecule has 1 unspecified atom stereocenters. The summed E-state index contributed by atoms with van der Waals surface area (Å²) in [5.74, 6) is -0.401. The lowest BCUT2D eigenvalue weighted by Gasteiger charge is -2.41. The van der Waals surface area contributed by atoms with E-state index < -0.39 is 23.8 Å². The van der Waals surface area contributed by atoms with E-state index in [4.69, 9.17) is 0 Å². The maximum atomic E-state index is 13.2. The Balaban J connectivity index is 1.37. The number of piperidine rings is 3. The number of carbonyl (C=O) groups is 4. The van der Waals surface area contributed by atoms with Crippen LogP contribution in [0.1, 0.15) is 52.0 Å². The van der Waals surface area contributed by atoms with Crippen molar-refractivity contribution >= 4 is 23.6 Å². The normalized spacial score (nSPS) is 29.6. The highest BCUT2D eigenvalue weighted by atomic mass is 16.2. The minimum Gasteiger partial charge on any atom is -0.316 e. The molecule has 30 heavy (non-hydrogen) atoms. The lowest BCUT2D eigenvalue weighted by Crippen LogP contribution is -2.54. The van der Waals surface area contributed by atoms with Gasteiger partial charge in [-0.3, -0.25) is 34.3 Å². The highest BCUT2D eigenvalue weighted by Gasteiger charge is 2.45. The predicted octanol–water partition coefficient (Wildman–Crippen LogP) is 0.519. The number of hydrogen-bond acceptors (Lipinski definition) is 6. The second kappa shape index (κ2) is 7.59. The number of amides is 4. The molecule has 1 aromatic rings. The smallest absolute Gasteiger partial charge is 0.262 e. The molecule has 8 nitrogen and oxygen atoms in total. The number of likely N-dealkylation sites (tertiary alicyclic amines) is 1. The Morgan fingerprint density at radius 1 is 1.00 bits per heavy atom. The average molecular weight is 410 g/mol. The van der Waals surface area contributed by atoms with Gasteiger partial charge < -0.3 is 5.32 Å². The molecule has 0 saturated carbocycles. The van der Waals surface area contributed by atoms with Crippen LogP contribution < -0.4 is 10.6 Å². The number of nitrogens with one attached hydrogen (secondary N) is 2. The van der Waals surface area contributed by atoms with E-state index in [1.807, 2.05) is 12.1 Å². The Morgan fingerprint density at radius 3 is 2.70 bits per heavy atom. The van der Waals surface area contributed by atoms with Gasteiger partial charge in [0.2, 0.25) is 11.8 Å². The van der Waals surface area contributed by atoms with E-state index in [1.165, 1.54) is 6.42 Å². The first kappa shape index (κ1) is 19.4. The quantitative estimate of drug-likeness (QED) is 0.705. The van der Waals surface area contributed by atoms with E-state index in [9.17, 15) is 19.2 Å². The van der Waals surface area contributed by atoms with Gasteiger partial charge in [0.1, 0.15) is 6.04 Å². The van der Waals surface area contributed by atoms with Crippen molar-refractivity contribution in [1.29, 1.82) is 0 Å². The van der Waals surface area contributed by atoms with Crippen LogP contribution in [0.5, 0.6) is 0 Å². The number of nitrogens with zero attached hydrogens (tertiary/aromatic N) is 2. The summed E-state index contributed by atoms with van der Waals surface area (Å²) in [4.78, 5) is 53.4. The molecule has 1 aromatic carbocycles. The zero-order valence-corrected chi connectivity index (χ0v) is 16.9. The molecule has 0 spiro atoms. The van der Waals surface area contributed by atoms with E-state index in [1.54, 1.807) is 6.07 Å². The Hall–Kier alpha value is -2.58. The maximum Gasteiger partial charge on any atom is 0.262 e. The lowest BCUT2D eigenvalue weighted by molar-refractivity contribution is -0.136.